The van der Waals surface area contributed by atoms with Crippen LogP contribution in [0.2, 0.25) is 0 Å². The molecule has 0 fully saturated rings. The molecule has 0 unspecified atom stereocenters. The van der Waals surface area contributed by atoms with E-state index in [9.17, 15) is 9.59 Å². The summed E-state index contributed by atoms with van der Waals surface area (Å²) < 4.78 is 10.6. The maximum atomic E-state index is 11.0. The van der Waals surface area contributed by atoms with E-state index >= 15 is 0 Å². The monoisotopic (exact) mass is 251 g/mol. The van der Waals surface area contributed by atoms with E-state index < -0.39 is 0 Å². The van der Waals surface area contributed by atoms with E-state index in [0.29, 0.717) is 36.5 Å². The molecule has 1 amide bonds. The molecule has 0 aliphatic rings. The summed E-state index contributed by atoms with van der Waals surface area (Å²) >= 11 is 0. The summed E-state index contributed by atoms with van der Waals surface area (Å²) in [5, 5.41) is 2.54. The highest BCUT2D eigenvalue weighted by Gasteiger charge is 2.06. The predicted octanol–water partition coefficient (Wildman–Crippen LogP) is 1.41. The van der Waals surface area contributed by atoms with Gasteiger partial charge in [-0.2, -0.15) is 0 Å². The first-order valence-electron chi connectivity index (χ1n) is 5.68. The van der Waals surface area contributed by atoms with Crippen molar-refractivity contribution in [2.24, 2.45) is 0 Å². The summed E-state index contributed by atoms with van der Waals surface area (Å²) in [5.74, 6) is 1.06. The molecule has 0 aliphatic heterocycles. The van der Waals surface area contributed by atoms with Crippen molar-refractivity contribution in [2.75, 3.05) is 20.8 Å². The van der Waals surface area contributed by atoms with Crippen LogP contribution in [-0.2, 0) is 4.79 Å². The quantitative estimate of drug-likeness (QED) is 0.588. The van der Waals surface area contributed by atoms with Crippen LogP contribution in [0.3, 0.4) is 0 Å². The molecular weight excluding hydrogens is 234 g/mol. The Bertz CT molecular complexity index is 417. The molecule has 0 bridgehead atoms. The summed E-state index contributed by atoms with van der Waals surface area (Å²) in [6, 6.07) is 4.95. The number of ether oxygens (including phenoxy) is 2. The third-order valence-electron chi connectivity index (χ3n) is 2.41. The lowest BCUT2D eigenvalue weighted by molar-refractivity contribution is -0.120. The number of hydrogen-bond acceptors (Lipinski definition) is 4. The minimum Gasteiger partial charge on any atom is -0.493 e. The molecule has 0 radical (unpaired) electrons. The Labute approximate surface area is 106 Å². The van der Waals surface area contributed by atoms with Crippen molar-refractivity contribution in [3.8, 4) is 11.5 Å². The molecule has 18 heavy (non-hydrogen) atoms. The summed E-state index contributed by atoms with van der Waals surface area (Å²) in [4.78, 5) is 21.7. The third-order valence-corrected chi connectivity index (χ3v) is 2.41. The van der Waals surface area contributed by atoms with Gasteiger partial charge in [-0.3, -0.25) is 9.59 Å². The fourth-order valence-corrected chi connectivity index (χ4v) is 1.42. The summed E-state index contributed by atoms with van der Waals surface area (Å²) in [5.41, 5.74) is 0.525. The van der Waals surface area contributed by atoms with Crippen molar-refractivity contribution < 1.29 is 19.1 Å². The Kier molecular flexibility index (Phi) is 5.70. The maximum Gasteiger partial charge on any atom is 0.219 e. The maximum absolute atomic E-state index is 11.0. The lowest BCUT2D eigenvalue weighted by atomic mass is 10.2. The number of amides is 1. The van der Waals surface area contributed by atoms with Crippen LogP contribution < -0.4 is 14.8 Å². The summed E-state index contributed by atoms with van der Waals surface area (Å²) in [6.07, 6.45) is 1.76. The third kappa shape index (κ3) is 4.08. The summed E-state index contributed by atoms with van der Waals surface area (Å²) in [7, 11) is 3.13. The SMILES string of the molecule is CNC(=O)CCCOc1cc(C=O)ccc1OC. The number of rotatable bonds is 7. The zero-order valence-electron chi connectivity index (χ0n) is 10.6. The second kappa shape index (κ2) is 7.32. The van der Waals surface area contributed by atoms with Crippen LogP contribution in [0.15, 0.2) is 18.2 Å². The number of hydrogen-bond donors (Lipinski definition) is 1. The zero-order chi connectivity index (χ0) is 13.4. The standard InChI is InChI=1S/C13H17NO4/c1-14-13(16)4-3-7-18-12-8-10(9-15)5-6-11(12)17-2/h5-6,8-9H,3-4,7H2,1-2H3,(H,14,16). The van der Waals surface area contributed by atoms with Gasteiger partial charge in [0.15, 0.2) is 11.5 Å². The molecule has 98 valence electrons. The fourth-order valence-electron chi connectivity index (χ4n) is 1.42. The Hall–Kier alpha value is -2.04. The van der Waals surface area contributed by atoms with Gasteiger partial charge in [0.25, 0.3) is 0 Å². The largest absolute Gasteiger partial charge is 0.493 e. The van der Waals surface area contributed by atoms with E-state index in [1.165, 1.54) is 7.11 Å². The first-order valence-corrected chi connectivity index (χ1v) is 5.68. The van der Waals surface area contributed by atoms with Crippen molar-refractivity contribution in [2.45, 2.75) is 12.8 Å². The van der Waals surface area contributed by atoms with Crippen molar-refractivity contribution in [3.63, 3.8) is 0 Å². The Morgan fingerprint density at radius 2 is 2.17 bits per heavy atom. The van der Waals surface area contributed by atoms with Crippen molar-refractivity contribution in [1.82, 2.24) is 5.32 Å². The van der Waals surface area contributed by atoms with Gasteiger partial charge < -0.3 is 14.8 Å². The lowest BCUT2D eigenvalue weighted by Gasteiger charge is -2.10. The van der Waals surface area contributed by atoms with Gasteiger partial charge in [-0.1, -0.05) is 0 Å². The van der Waals surface area contributed by atoms with Gasteiger partial charge in [-0.05, 0) is 24.6 Å². The van der Waals surface area contributed by atoms with Crippen molar-refractivity contribution in [1.29, 1.82) is 0 Å². The van der Waals surface area contributed by atoms with Gasteiger partial charge in [-0.15, -0.1) is 0 Å². The normalized spacial score (nSPS) is 9.67. The highest BCUT2D eigenvalue weighted by atomic mass is 16.5. The Balaban J connectivity index is 2.54. The second-order valence-corrected chi connectivity index (χ2v) is 3.65. The second-order valence-electron chi connectivity index (χ2n) is 3.65. The van der Waals surface area contributed by atoms with E-state index in [0.717, 1.165) is 6.29 Å². The van der Waals surface area contributed by atoms with Gasteiger partial charge in [-0.25, -0.2) is 0 Å². The molecule has 0 heterocycles. The molecule has 1 N–H and O–H groups in total. The zero-order valence-corrected chi connectivity index (χ0v) is 10.6. The first kappa shape index (κ1) is 14.0. The average Bonchev–Trinajstić information content (AvgIpc) is 2.42. The highest BCUT2D eigenvalue weighted by molar-refractivity contribution is 5.76. The molecule has 1 aromatic rings. The van der Waals surface area contributed by atoms with E-state index in [2.05, 4.69) is 5.32 Å². The van der Waals surface area contributed by atoms with Crippen LogP contribution >= 0.6 is 0 Å². The summed E-state index contributed by atoms with van der Waals surface area (Å²) in [6.45, 7) is 0.395. The Morgan fingerprint density at radius 1 is 1.39 bits per heavy atom. The fraction of sp³-hybridized carbons (Fsp3) is 0.385. The van der Waals surface area contributed by atoms with Gasteiger partial charge >= 0.3 is 0 Å². The number of benzene rings is 1. The smallest absolute Gasteiger partial charge is 0.219 e. The van der Waals surface area contributed by atoms with Gasteiger partial charge in [0.2, 0.25) is 5.91 Å². The van der Waals surface area contributed by atoms with E-state index in [1.54, 1.807) is 25.2 Å². The molecule has 0 atom stereocenters. The van der Waals surface area contributed by atoms with E-state index in [4.69, 9.17) is 9.47 Å². The number of aldehydes is 1. The van der Waals surface area contributed by atoms with Gasteiger partial charge in [0.05, 0.1) is 13.7 Å². The number of methoxy groups -OCH3 is 1. The molecule has 1 aromatic carbocycles. The number of carbonyl (C=O) groups excluding carboxylic acids is 2. The van der Waals surface area contributed by atoms with Crippen LogP contribution in [-0.4, -0.2) is 33.0 Å². The van der Waals surface area contributed by atoms with E-state index in [1.807, 2.05) is 0 Å². The van der Waals surface area contributed by atoms with E-state index in [-0.39, 0.29) is 5.91 Å². The minimum absolute atomic E-state index is 0.0211. The molecule has 1 rings (SSSR count). The van der Waals surface area contributed by atoms with Crippen LogP contribution in [0.1, 0.15) is 23.2 Å². The van der Waals surface area contributed by atoms with Crippen molar-refractivity contribution in [3.05, 3.63) is 23.8 Å². The molecule has 0 spiro atoms. The van der Waals surface area contributed by atoms with Gasteiger partial charge in [0, 0.05) is 19.0 Å². The molecule has 0 saturated carbocycles. The van der Waals surface area contributed by atoms with Crippen LogP contribution in [0.5, 0.6) is 11.5 Å². The molecular formula is C13H17NO4. The molecule has 0 aliphatic carbocycles. The molecule has 0 aromatic heterocycles. The van der Waals surface area contributed by atoms with Crippen molar-refractivity contribution >= 4 is 12.2 Å². The number of nitrogens with one attached hydrogen (secondary N) is 1. The van der Waals surface area contributed by atoms with Crippen LogP contribution in [0.4, 0.5) is 0 Å². The lowest BCUT2D eigenvalue weighted by Crippen LogP contribution is -2.18. The topological polar surface area (TPSA) is 64.6 Å². The number of carbonyl (C=O) groups is 2. The predicted molar refractivity (Wildman–Crippen MR) is 67.2 cm³/mol. The van der Waals surface area contributed by atoms with Crippen LogP contribution in [0, 0.1) is 0 Å². The first-order chi connectivity index (χ1) is 8.71. The average molecular weight is 251 g/mol. The molecule has 0 saturated heterocycles. The highest BCUT2D eigenvalue weighted by Crippen LogP contribution is 2.27. The van der Waals surface area contributed by atoms with Crippen LogP contribution in [0.25, 0.3) is 0 Å². The van der Waals surface area contributed by atoms with Gasteiger partial charge in [0.1, 0.15) is 6.29 Å². The Morgan fingerprint density at radius 3 is 2.78 bits per heavy atom. The minimum atomic E-state index is -0.0211. The molecule has 5 nitrogen and oxygen atoms in total. The molecule has 5 heteroatoms.